The zero-order valence-electron chi connectivity index (χ0n) is 18.0. The average molecular weight is 455 g/mol. The molecule has 0 N–H and O–H groups in total. The lowest BCUT2D eigenvalue weighted by atomic mass is 9.70. The van der Waals surface area contributed by atoms with Crippen LogP contribution in [0.2, 0.25) is 0 Å². The van der Waals surface area contributed by atoms with E-state index < -0.39 is 0 Å². The first kappa shape index (κ1) is 20.6. The third kappa shape index (κ3) is 2.58. The Bertz CT molecular complexity index is 1160. The smallest absolute Gasteiger partial charge is 0.0683 e. The van der Waals surface area contributed by atoms with Crippen LogP contribution in [0.15, 0.2) is 95.5 Å². The monoisotopic (exact) mass is 454 g/mol. The highest BCUT2D eigenvalue weighted by Gasteiger charge is 2.51. The van der Waals surface area contributed by atoms with E-state index in [1.807, 2.05) is 27.7 Å². The van der Waals surface area contributed by atoms with E-state index in [1.165, 1.54) is 49.0 Å². The van der Waals surface area contributed by atoms with Crippen molar-refractivity contribution in [3.8, 4) is 22.3 Å². The highest BCUT2D eigenvalue weighted by Crippen LogP contribution is 2.63. The molecule has 0 nitrogen and oxygen atoms in total. The molecule has 150 valence electrons. The van der Waals surface area contributed by atoms with Gasteiger partial charge in [0.25, 0.3) is 0 Å². The minimum Gasteiger partial charge on any atom is -0.0683 e. The molecule has 0 aliphatic heterocycles. The summed E-state index contributed by atoms with van der Waals surface area (Å²) in [5.41, 5.74) is 10.7. The van der Waals surface area contributed by atoms with E-state index in [9.17, 15) is 0 Å². The van der Waals surface area contributed by atoms with Gasteiger partial charge in [-0.2, -0.15) is 0 Å². The fraction of sp³-hybridized carbons (Fsp3) is 0.172. The maximum Gasteiger partial charge on any atom is 0.0725 e. The third-order valence-corrected chi connectivity index (χ3v) is 6.63. The Balaban J connectivity index is 0.000000516. The molecule has 4 aromatic rings. The number of hydrogen-bond acceptors (Lipinski definition) is 0. The molecule has 2 aliphatic rings. The van der Waals surface area contributed by atoms with Crippen LogP contribution in [0, 0.1) is 0 Å². The minimum atomic E-state index is -0.219. The Morgan fingerprint density at radius 3 is 1.40 bits per heavy atom. The fourth-order valence-electron chi connectivity index (χ4n) is 5.10. The standard InChI is InChI=1S/C25H15Br.2C2H6/c26-23-15-7-14-22-24(23)18-10-3-6-13-21(18)25(22)19-11-4-1-8-16(19)17-9-2-5-12-20(17)25;2*1-2/h1-15H;2*1-2H3. The molecule has 0 heterocycles. The van der Waals surface area contributed by atoms with Crippen molar-refractivity contribution in [2.45, 2.75) is 33.1 Å². The average Bonchev–Trinajstić information content (AvgIpc) is 3.30. The molecule has 1 heteroatoms. The molecule has 1 spiro atoms. The van der Waals surface area contributed by atoms with Gasteiger partial charge < -0.3 is 0 Å². The molecule has 0 atom stereocenters. The van der Waals surface area contributed by atoms with Crippen LogP contribution in [0.3, 0.4) is 0 Å². The first-order valence-corrected chi connectivity index (χ1v) is 11.7. The lowest BCUT2D eigenvalue weighted by Gasteiger charge is -2.30. The van der Waals surface area contributed by atoms with Gasteiger partial charge >= 0.3 is 0 Å². The number of rotatable bonds is 0. The highest BCUT2D eigenvalue weighted by atomic mass is 79.9. The minimum absolute atomic E-state index is 0.219. The van der Waals surface area contributed by atoms with Gasteiger partial charge in [0, 0.05) is 10.0 Å². The summed E-state index contributed by atoms with van der Waals surface area (Å²) in [6.45, 7) is 8.00. The Morgan fingerprint density at radius 1 is 0.467 bits per heavy atom. The lowest BCUT2D eigenvalue weighted by Crippen LogP contribution is -2.25. The lowest BCUT2D eigenvalue weighted by molar-refractivity contribution is 0.793. The fourth-order valence-corrected chi connectivity index (χ4v) is 5.68. The summed E-state index contributed by atoms with van der Waals surface area (Å²) in [5, 5.41) is 0. The van der Waals surface area contributed by atoms with Gasteiger partial charge in [-0.25, -0.2) is 0 Å². The number of fused-ring (bicyclic) bond motifs is 10. The molecule has 6 rings (SSSR count). The molecule has 0 bridgehead atoms. The molecule has 0 amide bonds. The van der Waals surface area contributed by atoms with Crippen LogP contribution in [0.1, 0.15) is 49.9 Å². The molecular formula is C29H27Br. The molecule has 0 aromatic heterocycles. The van der Waals surface area contributed by atoms with E-state index in [4.69, 9.17) is 0 Å². The van der Waals surface area contributed by atoms with Crippen LogP contribution in [0.5, 0.6) is 0 Å². The molecular weight excluding hydrogens is 428 g/mol. The maximum absolute atomic E-state index is 3.83. The van der Waals surface area contributed by atoms with Gasteiger partial charge in [0.2, 0.25) is 0 Å². The van der Waals surface area contributed by atoms with Gasteiger partial charge in [0.05, 0.1) is 5.41 Å². The van der Waals surface area contributed by atoms with Crippen molar-refractivity contribution in [3.05, 3.63) is 118 Å². The molecule has 2 aliphatic carbocycles. The zero-order valence-corrected chi connectivity index (χ0v) is 19.6. The van der Waals surface area contributed by atoms with Crippen LogP contribution in [-0.2, 0) is 5.41 Å². The maximum atomic E-state index is 3.83. The first-order chi connectivity index (χ1) is 14.8. The second-order valence-electron chi connectivity index (χ2n) is 7.05. The van der Waals surface area contributed by atoms with Crippen molar-refractivity contribution in [3.63, 3.8) is 0 Å². The topological polar surface area (TPSA) is 0 Å². The first-order valence-electron chi connectivity index (χ1n) is 10.9. The quantitative estimate of drug-likeness (QED) is 0.215. The van der Waals surface area contributed by atoms with Crippen molar-refractivity contribution in [1.82, 2.24) is 0 Å². The van der Waals surface area contributed by atoms with E-state index in [-0.39, 0.29) is 5.41 Å². The van der Waals surface area contributed by atoms with Crippen molar-refractivity contribution in [2.75, 3.05) is 0 Å². The van der Waals surface area contributed by atoms with E-state index >= 15 is 0 Å². The van der Waals surface area contributed by atoms with E-state index in [1.54, 1.807) is 0 Å². The number of hydrogen-bond donors (Lipinski definition) is 0. The summed E-state index contributed by atoms with van der Waals surface area (Å²) >= 11 is 3.83. The SMILES string of the molecule is Brc1cccc2c1-c1ccccc1C21c2ccccc2-c2ccccc21.CC.CC. The molecule has 0 fully saturated rings. The molecule has 0 unspecified atom stereocenters. The van der Waals surface area contributed by atoms with E-state index in [2.05, 4.69) is 107 Å². The second kappa shape index (κ2) is 8.24. The summed E-state index contributed by atoms with van der Waals surface area (Å²) in [6.07, 6.45) is 0. The van der Waals surface area contributed by atoms with Gasteiger partial charge in [0.1, 0.15) is 0 Å². The molecule has 0 saturated carbocycles. The second-order valence-corrected chi connectivity index (χ2v) is 7.90. The van der Waals surface area contributed by atoms with Crippen LogP contribution in [-0.4, -0.2) is 0 Å². The predicted octanol–water partition coefficient (Wildman–Crippen LogP) is 8.85. The van der Waals surface area contributed by atoms with Crippen molar-refractivity contribution in [1.29, 1.82) is 0 Å². The van der Waals surface area contributed by atoms with Crippen LogP contribution in [0.25, 0.3) is 22.3 Å². The summed E-state index contributed by atoms with van der Waals surface area (Å²) in [4.78, 5) is 0. The number of halogens is 1. The molecule has 30 heavy (non-hydrogen) atoms. The van der Waals surface area contributed by atoms with Crippen LogP contribution >= 0.6 is 15.9 Å². The number of benzene rings is 4. The van der Waals surface area contributed by atoms with Crippen LogP contribution in [0.4, 0.5) is 0 Å². The van der Waals surface area contributed by atoms with Crippen molar-refractivity contribution < 1.29 is 0 Å². The van der Waals surface area contributed by atoms with Gasteiger partial charge in [-0.3, -0.25) is 0 Å². The normalized spacial score (nSPS) is 13.1. The zero-order chi connectivity index (χ0) is 21.3. The Kier molecular flexibility index (Phi) is 5.66. The summed E-state index contributed by atoms with van der Waals surface area (Å²) < 4.78 is 1.17. The Labute approximate surface area is 188 Å². The van der Waals surface area contributed by atoms with Gasteiger partial charge in [-0.1, -0.05) is 129 Å². The summed E-state index contributed by atoms with van der Waals surface area (Å²) in [6, 6.07) is 33.3. The van der Waals surface area contributed by atoms with Gasteiger partial charge in [-0.05, 0) is 45.0 Å². The predicted molar refractivity (Wildman–Crippen MR) is 133 cm³/mol. The molecule has 4 aromatic carbocycles. The van der Waals surface area contributed by atoms with Gasteiger partial charge in [-0.15, -0.1) is 0 Å². The third-order valence-electron chi connectivity index (χ3n) is 5.97. The summed E-state index contributed by atoms with van der Waals surface area (Å²) in [5.74, 6) is 0. The van der Waals surface area contributed by atoms with E-state index in [0.717, 1.165) is 0 Å². The molecule has 0 saturated heterocycles. The Morgan fingerprint density at radius 2 is 0.867 bits per heavy atom. The van der Waals surface area contributed by atoms with E-state index in [0.29, 0.717) is 0 Å². The van der Waals surface area contributed by atoms with Crippen molar-refractivity contribution >= 4 is 15.9 Å². The summed E-state index contributed by atoms with van der Waals surface area (Å²) in [7, 11) is 0. The van der Waals surface area contributed by atoms with Crippen LogP contribution < -0.4 is 0 Å². The Hall–Kier alpha value is -2.64. The van der Waals surface area contributed by atoms with Crippen molar-refractivity contribution in [2.24, 2.45) is 0 Å². The highest BCUT2D eigenvalue weighted by molar-refractivity contribution is 9.10. The molecule has 0 radical (unpaired) electrons. The van der Waals surface area contributed by atoms with Gasteiger partial charge in [0.15, 0.2) is 0 Å². The largest absolute Gasteiger partial charge is 0.0725 e.